The highest BCUT2D eigenvalue weighted by molar-refractivity contribution is 5.94. The Kier molecular flexibility index (Phi) is 3.83. The zero-order chi connectivity index (χ0) is 15.6. The van der Waals surface area contributed by atoms with Crippen molar-refractivity contribution in [3.05, 3.63) is 47.7 Å². The van der Waals surface area contributed by atoms with E-state index < -0.39 is 0 Å². The monoisotopic (exact) mass is 312 g/mol. The Morgan fingerprint density at radius 3 is 2.52 bits per heavy atom. The molecule has 2 heterocycles. The van der Waals surface area contributed by atoms with Crippen LogP contribution in [0.25, 0.3) is 0 Å². The van der Waals surface area contributed by atoms with Crippen molar-refractivity contribution in [3.8, 4) is 0 Å². The molecule has 0 N–H and O–H groups in total. The largest absolute Gasteiger partial charge is 0.424 e. The molecule has 0 bridgehead atoms. The second-order valence-electron chi connectivity index (χ2n) is 6.24. The molecule has 4 rings (SSSR count). The lowest BCUT2D eigenvalue weighted by molar-refractivity contribution is 0.0617. The van der Waals surface area contributed by atoms with Gasteiger partial charge >= 0.3 is 0 Å². The van der Waals surface area contributed by atoms with Crippen LogP contribution in [-0.2, 0) is 6.54 Å². The smallest absolute Gasteiger partial charge is 0.253 e. The molecule has 1 aromatic carbocycles. The predicted octanol–water partition coefficient (Wildman–Crippen LogP) is 1.91. The third-order valence-corrected chi connectivity index (χ3v) is 4.45. The fourth-order valence-electron chi connectivity index (χ4n) is 2.89. The Hall–Kier alpha value is -2.21. The Morgan fingerprint density at radius 2 is 1.83 bits per heavy atom. The van der Waals surface area contributed by atoms with Crippen LogP contribution in [0.15, 0.2) is 34.7 Å². The quantitative estimate of drug-likeness (QED) is 0.863. The van der Waals surface area contributed by atoms with Gasteiger partial charge < -0.3 is 9.32 Å². The molecule has 0 radical (unpaired) electrons. The van der Waals surface area contributed by atoms with Crippen molar-refractivity contribution in [2.75, 3.05) is 26.2 Å². The molecule has 0 atom stereocenters. The van der Waals surface area contributed by atoms with Crippen LogP contribution in [0.4, 0.5) is 0 Å². The number of amides is 1. The number of rotatable bonds is 4. The van der Waals surface area contributed by atoms with Gasteiger partial charge in [0.05, 0.1) is 6.54 Å². The molecule has 6 nitrogen and oxygen atoms in total. The Bertz CT molecular complexity index is 673. The fourth-order valence-corrected chi connectivity index (χ4v) is 2.89. The first-order valence-corrected chi connectivity index (χ1v) is 8.18. The van der Waals surface area contributed by atoms with Gasteiger partial charge in [0.2, 0.25) is 11.8 Å². The summed E-state index contributed by atoms with van der Waals surface area (Å²) >= 11 is 0. The third-order valence-electron chi connectivity index (χ3n) is 4.45. The van der Waals surface area contributed by atoms with Crippen LogP contribution in [0.5, 0.6) is 0 Å². The van der Waals surface area contributed by atoms with Crippen molar-refractivity contribution < 1.29 is 9.21 Å². The topological polar surface area (TPSA) is 62.5 Å². The van der Waals surface area contributed by atoms with Gasteiger partial charge in [-0.3, -0.25) is 9.69 Å². The number of hydrogen-bond acceptors (Lipinski definition) is 5. The summed E-state index contributed by atoms with van der Waals surface area (Å²) in [5.41, 5.74) is 0.756. The highest BCUT2D eigenvalue weighted by Crippen LogP contribution is 2.39. The molecule has 1 amide bonds. The number of carbonyl (C=O) groups excluding carboxylic acids is 1. The number of aromatic nitrogens is 2. The van der Waals surface area contributed by atoms with Crippen LogP contribution in [0.3, 0.4) is 0 Å². The van der Waals surface area contributed by atoms with E-state index in [-0.39, 0.29) is 5.91 Å². The van der Waals surface area contributed by atoms with E-state index in [0.717, 1.165) is 37.6 Å². The van der Waals surface area contributed by atoms with Crippen LogP contribution >= 0.6 is 0 Å². The molecule has 1 aromatic heterocycles. The van der Waals surface area contributed by atoms with Gasteiger partial charge in [0.1, 0.15) is 0 Å². The molecule has 1 saturated heterocycles. The van der Waals surface area contributed by atoms with Gasteiger partial charge in [-0.15, -0.1) is 10.2 Å². The van der Waals surface area contributed by atoms with Crippen molar-refractivity contribution >= 4 is 5.91 Å². The fraction of sp³-hybridized carbons (Fsp3) is 0.471. The molecular formula is C17H20N4O2. The first kappa shape index (κ1) is 14.4. The van der Waals surface area contributed by atoms with E-state index in [1.54, 1.807) is 0 Å². The van der Waals surface area contributed by atoms with E-state index in [4.69, 9.17) is 4.42 Å². The second-order valence-corrected chi connectivity index (χ2v) is 6.24. The van der Waals surface area contributed by atoms with Crippen molar-refractivity contribution in [2.45, 2.75) is 25.3 Å². The lowest BCUT2D eigenvalue weighted by Gasteiger charge is -2.34. The minimum absolute atomic E-state index is 0.110. The molecule has 0 spiro atoms. The summed E-state index contributed by atoms with van der Waals surface area (Å²) in [6.07, 6.45) is 2.34. The molecule has 2 aromatic rings. The summed E-state index contributed by atoms with van der Waals surface area (Å²) < 4.78 is 5.71. The number of carbonyl (C=O) groups is 1. The van der Waals surface area contributed by atoms with Gasteiger partial charge in [0, 0.05) is 37.7 Å². The molecule has 1 aliphatic heterocycles. The van der Waals surface area contributed by atoms with Gasteiger partial charge in [-0.1, -0.05) is 18.2 Å². The van der Waals surface area contributed by atoms with E-state index in [0.29, 0.717) is 18.4 Å². The van der Waals surface area contributed by atoms with Crippen LogP contribution < -0.4 is 0 Å². The van der Waals surface area contributed by atoms with Crippen LogP contribution in [0.2, 0.25) is 0 Å². The maximum absolute atomic E-state index is 12.4. The van der Waals surface area contributed by atoms with Crippen molar-refractivity contribution in [3.63, 3.8) is 0 Å². The summed E-state index contributed by atoms with van der Waals surface area (Å²) in [5, 5.41) is 8.25. The van der Waals surface area contributed by atoms with Crippen molar-refractivity contribution in [2.24, 2.45) is 0 Å². The lowest BCUT2D eigenvalue weighted by atomic mass is 10.2. The van der Waals surface area contributed by atoms with Gasteiger partial charge in [0.25, 0.3) is 5.91 Å². The average Bonchev–Trinajstić information content (AvgIpc) is 3.36. The van der Waals surface area contributed by atoms with Crippen molar-refractivity contribution in [1.29, 1.82) is 0 Å². The summed E-state index contributed by atoms with van der Waals surface area (Å²) in [4.78, 5) is 16.6. The lowest BCUT2D eigenvalue weighted by Crippen LogP contribution is -2.48. The second kappa shape index (κ2) is 6.12. The number of benzene rings is 1. The summed E-state index contributed by atoms with van der Waals surface area (Å²) in [6.45, 7) is 3.81. The molecule has 120 valence electrons. The van der Waals surface area contributed by atoms with Gasteiger partial charge in [-0.2, -0.15) is 0 Å². The van der Waals surface area contributed by atoms with E-state index in [2.05, 4.69) is 15.1 Å². The number of piperazine rings is 1. The average molecular weight is 312 g/mol. The molecule has 2 aliphatic rings. The SMILES string of the molecule is O=C(c1ccccc1)N1CCN(Cc2nnc(C3CC3)o2)CC1. The van der Waals surface area contributed by atoms with E-state index in [9.17, 15) is 4.79 Å². The Balaban J connectivity index is 1.31. The number of nitrogens with zero attached hydrogens (tertiary/aromatic N) is 4. The normalized spacial score (nSPS) is 19.0. The zero-order valence-corrected chi connectivity index (χ0v) is 13.0. The van der Waals surface area contributed by atoms with E-state index >= 15 is 0 Å². The maximum atomic E-state index is 12.4. The van der Waals surface area contributed by atoms with Crippen LogP contribution in [-0.4, -0.2) is 52.1 Å². The van der Waals surface area contributed by atoms with Crippen LogP contribution in [0, 0.1) is 0 Å². The summed E-state index contributed by atoms with van der Waals surface area (Å²) in [6, 6.07) is 9.46. The molecule has 6 heteroatoms. The molecule has 2 fully saturated rings. The van der Waals surface area contributed by atoms with E-state index in [1.165, 1.54) is 12.8 Å². The molecule has 1 aliphatic carbocycles. The van der Waals surface area contributed by atoms with E-state index in [1.807, 2.05) is 35.2 Å². The minimum atomic E-state index is 0.110. The van der Waals surface area contributed by atoms with Gasteiger partial charge in [0.15, 0.2) is 0 Å². The minimum Gasteiger partial charge on any atom is -0.424 e. The number of hydrogen-bond donors (Lipinski definition) is 0. The first-order chi connectivity index (χ1) is 11.3. The van der Waals surface area contributed by atoms with Gasteiger partial charge in [-0.25, -0.2) is 0 Å². The summed E-state index contributed by atoms with van der Waals surface area (Å²) in [5.74, 6) is 2.09. The third kappa shape index (κ3) is 3.27. The predicted molar refractivity (Wildman–Crippen MR) is 83.9 cm³/mol. The maximum Gasteiger partial charge on any atom is 0.253 e. The molecule has 23 heavy (non-hydrogen) atoms. The van der Waals surface area contributed by atoms with Crippen molar-refractivity contribution in [1.82, 2.24) is 20.0 Å². The molecule has 0 unspecified atom stereocenters. The summed E-state index contributed by atoms with van der Waals surface area (Å²) in [7, 11) is 0. The Morgan fingerprint density at radius 1 is 1.09 bits per heavy atom. The zero-order valence-electron chi connectivity index (χ0n) is 13.0. The molecule has 1 saturated carbocycles. The molecular weight excluding hydrogens is 292 g/mol. The Labute approximate surface area is 135 Å². The van der Waals surface area contributed by atoms with Crippen LogP contribution in [0.1, 0.15) is 40.9 Å². The standard InChI is InChI=1S/C17H20N4O2/c22-17(14-4-2-1-3-5-14)21-10-8-20(9-11-21)12-15-18-19-16(23-15)13-6-7-13/h1-5,13H,6-12H2. The van der Waals surface area contributed by atoms with Gasteiger partial charge in [-0.05, 0) is 25.0 Å². The highest BCUT2D eigenvalue weighted by atomic mass is 16.4. The highest BCUT2D eigenvalue weighted by Gasteiger charge is 2.30. The first-order valence-electron chi connectivity index (χ1n) is 8.18.